The predicted octanol–water partition coefficient (Wildman–Crippen LogP) is 3.48. The third-order valence-electron chi connectivity index (χ3n) is 4.26. The van der Waals surface area contributed by atoms with E-state index in [-0.39, 0.29) is 12.4 Å². The maximum absolute atomic E-state index is 5.83. The molecule has 0 radical (unpaired) electrons. The maximum atomic E-state index is 5.83. The minimum atomic E-state index is 0. The van der Waals surface area contributed by atoms with Crippen molar-refractivity contribution >= 4 is 12.4 Å². The molecule has 1 N–H and O–H groups in total. The first kappa shape index (κ1) is 17.8. The SMILES string of the molecule is CNC1CCN(Cc2ccc(OCc3ccccc3)cc2)C1.Cl. The summed E-state index contributed by atoms with van der Waals surface area (Å²) >= 11 is 0. The Kier molecular flexibility index (Phi) is 6.90. The molecule has 1 fully saturated rings. The summed E-state index contributed by atoms with van der Waals surface area (Å²) in [7, 11) is 2.05. The van der Waals surface area contributed by atoms with Gasteiger partial charge in [-0.2, -0.15) is 0 Å². The van der Waals surface area contributed by atoms with Crippen LogP contribution >= 0.6 is 12.4 Å². The number of nitrogens with zero attached hydrogens (tertiary/aromatic N) is 1. The van der Waals surface area contributed by atoms with Crippen LogP contribution in [0.4, 0.5) is 0 Å². The summed E-state index contributed by atoms with van der Waals surface area (Å²) in [4.78, 5) is 2.50. The Bertz CT molecular complexity index is 574. The molecule has 0 saturated carbocycles. The Morgan fingerprint density at radius 2 is 1.78 bits per heavy atom. The number of halogens is 1. The third kappa shape index (κ3) is 5.24. The standard InChI is InChI=1S/C19H24N2O.ClH/c1-20-18-11-12-21(14-18)13-16-7-9-19(10-8-16)22-15-17-5-3-2-4-6-17;/h2-10,18,20H,11-15H2,1H3;1H. The van der Waals surface area contributed by atoms with Crippen molar-refractivity contribution < 1.29 is 4.74 Å². The molecule has 2 aromatic rings. The highest BCUT2D eigenvalue weighted by Crippen LogP contribution is 2.17. The maximum Gasteiger partial charge on any atom is 0.119 e. The van der Waals surface area contributed by atoms with E-state index in [1.807, 2.05) is 25.2 Å². The molecule has 3 nitrogen and oxygen atoms in total. The largest absolute Gasteiger partial charge is 0.489 e. The van der Waals surface area contributed by atoms with Crippen molar-refractivity contribution in [2.45, 2.75) is 25.6 Å². The van der Waals surface area contributed by atoms with Crippen LogP contribution in [-0.4, -0.2) is 31.1 Å². The van der Waals surface area contributed by atoms with Gasteiger partial charge in [-0.1, -0.05) is 42.5 Å². The summed E-state index contributed by atoms with van der Waals surface area (Å²) in [5, 5.41) is 3.36. The van der Waals surface area contributed by atoms with Crippen molar-refractivity contribution in [2.75, 3.05) is 20.1 Å². The fraction of sp³-hybridized carbons (Fsp3) is 0.368. The van der Waals surface area contributed by atoms with Gasteiger partial charge in [-0.05, 0) is 36.7 Å². The van der Waals surface area contributed by atoms with E-state index in [1.165, 1.54) is 24.1 Å². The van der Waals surface area contributed by atoms with Crippen LogP contribution in [-0.2, 0) is 13.2 Å². The molecule has 0 amide bonds. The summed E-state index contributed by atoms with van der Waals surface area (Å²) in [6.45, 7) is 3.97. The molecule has 4 heteroatoms. The van der Waals surface area contributed by atoms with Crippen molar-refractivity contribution in [3.8, 4) is 5.75 Å². The van der Waals surface area contributed by atoms with Gasteiger partial charge in [0.25, 0.3) is 0 Å². The lowest BCUT2D eigenvalue weighted by Crippen LogP contribution is -2.29. The zero-order valence-electron chi connectivity index (χ0n) is 13.6. The van der Waals surface area contributed by atoms with E-state index in [0.717, 1.165) is 18.8 Å². The second-order valence-electron chi connectivity index (χ2n) is 5.93. The van der Waals surface area contributed by atoms with Crippen molar-refractivity contribution in [1.82, 2.24) is 10.2 Å². The minimum Gasteiger partial charge on any atom is -0.489 e. The molecular formula is C19H25ClN2O. The molecule has 1 unspecified atom stereocenters. The number of likely N-dealkylation sites (tertiary alicyclic amines) is 1. The van der Waals surface area contributed by atoms with Crippen LogP contribution < -0.4 is 10.1 Å². The van der Waals surface area contributed by atoms with Crippen LogP contribution in [0.3, 0.4) is 0 Å². The Morgan fingerprint density at radius 3 is 2.43 bits per heavy atom. The molecule has 1 heterocycles. The predicted molar refractivity (Wildman–Crippen MR) is 97.2 cm³/mol. The van der Waals surface area contributed by atoms with E-state index in [1.54, 1.807) is 0 Å². The first-order chi connectivity index (χ1) is 10.8. The van der Waals surface area contributed by atoms with E-state index >= 15 is 0 Å². The molecule has 2 aromatic carbocycles. The second-order valence-corrected chi connectivity index (χ2v) is 5.93. The number of ether oxygens (including phenoxy) is 1. The van der Waals surface area contributed by atoms with Crippen molar-refractivity contribution in [3.63, 3.8) is 0 Å². The fourth-order valence-electron chi connectivity index (χ4n) is 2.90. The molecule has 1 atom stereocenters. The number of benzene rings is 2. The molecular weight excluding hydrogens is 308 g/mol. The highest BCUT2D eigenvalue weighted by molar-refractivity contribution is 5.85. The van der Waals surface area contributed by atoms with Gasteiger partial charge in [0, 0.05) is 25.7 Å². The molecule has 1 aliphatic rings. The summed E-state index contributed by atoms with van der Waals surface area (Å²) in [6, 6.07) is 19.4. The van der Waals surface area contributed by atoms with Crippen molar-refractivity contribution in [2.24, 2.45) is 0 Å². The quantitative estimate of drug-likeness (QED) is 0.876. The van der Waals surface area contributed by atoms with Crippen LogP contribution in [0.5, 0.6) is 5.75 Å². The van der Waals surface area contributed by atoms with E-state index < -0.39 is 0 Å². The van der Waals surface area contributed by atoms with Crippen molar-refractivity contribution in [1.29, 1.82) is 0 Å². The lowest BCUT2D eigenvalue weighted by Gasteiger charge is -2.16. The summed E-state index contributed by atoms with van der Waals surface area (Å²) in [5.41, 5.74) is 2.55. The molecule has 3 rings (SSSR count). The molecule has 124 valence electrons. The number of likely N-dealkylation sites (N-methyl/N-ethyl adjacent to an activating group) is 1. The monoisotopic (exact) mass is 332 g/mol. The van der Waals surface area contributed by atoms with Gasteiger partial charge in [-0.25, -0.2) is 0 Å². The molecule has 1 aliphatic heterocycles. The highest BCUT2D eigenvalue weighted by Gasteiger charge is 2.20. The number of rotatable bonds is 6. The van der Waals surface area contributed by atoms with E-state index in [9.17, 15) is 0 Å². The Morgan fingerprint density at radius 1 is 1.04 bits per heavy atom. The zero-order valence-corrected chi connectivity index (χ0v) is 14.4. The van der Waals surface area contributed by atoms with Gasteiger partial charge >= 0.3 is 0 Å². The lowest BCUT2D eigenvalue weighted by molar-refractivity contribution is 0.305. The minimum absolute atomic E-state index is 0. The van der Waals surface area contributed by atoms with Crippen LogP contribution in [0, 0.1) is 0 Å². The van der Waals surface area contributed by atoms with Gasteiger partial charge < -0.3 is 10.1 Å². The van der Waals surface area contributed by atoms with Crippen LogP contribution in [0.25, 0.3) is 0 Å². The highest BCUT2D eigenvalue weighted by atomic mass is 35.5. The molecule has 23 heavy (non-hydrogen) atoms. The van der Waals surface area contributed by atoms with E-state index in [0.29, 0.717) is 12.6 Å². The average Bonchev–Trinajstić information content (AvgIpc) is 3.03. The number of hydrogen-bond donors (Lipinski definition) is 1. The Labute approximate surface area is 145 Å². The fourth-order valence-corrected chi connectivity index (χ4v) is 2.90. The normalized spacial score (nSPS) is 17.7. The first-order valence-corrected chi connectivity index (χ1v) is 7.99. The molecule has 1 saturated heterocycles. The van der Waals surface area contributed by atoms with Crippen molar-refractivity contribution in [3.05, 3.63) is 65.7 Å². The third-order valence-corrected chi connectivity index (χ3v) is 4.26. The number of hydrogen-bond acceptors (Lipinski definition) is 3. The molecule has 0 aliphatic carbocycles. The Hall–Kier alpha value is -1.55. The van der Waals surface area contributed by atoms with Gasteiger partial charge in [-0.15, -0.1) is 12.4 Å². The second kappa shape index (κ2) is 8.92. The number of nitrogens with one attached hydrogen (secondary N) is 1. The van der Waals surface area contributed by atoms with E-state index in [4.69, 9.17) is 4.74 Å². The zero-order chi connectivity index (χ0) is 15.2. The molecule has 0 aromatic heterocycles. The van der Waals surface area contributed by atoms with Gasteiger partial charge in [0.2, 0.25) is 0 Å². The van der Waals surface area contributed by atoms with Gasteiger partial charge in [0.05, 0.1) is 0 Å². The van der Waals surface area contributed by atoms with Gasteiger partial charge in [0.15, 0.2) is 0 Å². The van der Waals surface area contributed by atoms with E-state index in [2.05, 4.69) is 46.6 Å². The summed E-state index contributed by atoms with van der Waals surface area (Å²) in [6.07, 6.45) is 1.24. The lowest BCUT2D eigenvalue weighted by atomic mass is 10.2. The molecule has 0 spiro atoms. The molecule has 0 bridgehead atoms. The smallest absolute Gasteiger partial charge is 0.119 e. The summed E-state index contributed by atoms with van der Waals surface area (Å²) in [5.74, 6) is 0.933. The average molecular weight is 333 g/mol. The summed E-state index contributed by atoms with van der Waals surface area (Å²) < 4.78 is 5.83. The Balaban J connectivity index is 0.00000192. The van der Waals surface area contributed by atoms with Crippen LogP contribution in [0.15, 0.2) is 54.6 Å². The first-order valence-electron chi connectivity index (χ1n) is 7.99. The van der Waals surface area contributed by atoms with Crippen LogP contribution in [0.2, 0.25) is 0 Å². The van der Waals surface area contributed by atoms with Gasteiger partial charge in [0.1, 0.15) is 12.4 Å². The van der Waals surface area contributed by atoms with Gasteiger partial charge in [-0.3, -0.25) is 4.90 Å². The van der Waals surface area contributed by atoms with Crippen LogP contribution in [0.1, 0.15) is 17.5 Å². The topological polar surface area (TPSA) is 24.5 Å².